The van der Waals surface area contributed by atoms with Crippen molar-refractivity contribution >= 4 is 53.0 Å². The van der Waals surface area contributed by atoms with Gasteiger partial charge >= 0.3 is 5.97 Å². The SMILES string of the molecule is C=C(C)C(=O)Oc1c(-c2cccc3c2Sc2ccccc2S3)cc(C)cc1-c1cccc2c1Sc1ccccc1S2. The molecule has 2 heterocycles. The van der Waals surface area contributed by atoms with Crippen molar-refractivity contribution in [2.24, 2.45) is 0 Å². The number of esters is 1. The first kappa shape index (κ1) is 26.6. The van der Waals surface area contributed by atoms with Crippen molar-refractivity contribution in [3.05, 3.63) is 115 Å². The number of carbonyl (C=O) groups is 1. The molecule has 0 N–H and O–H groups in total. The van der Waals surface area contributed by atoms with Crippen LogP contribution in [0.3, 0.4) is 0 Å². The van der Waals surface area contributed by atoms with Crippen molar-refractivity contribution in [3.8, 4) is 28.0 Å². The molecular weight excluding hydrogens is 581 g/mol. The molecule has 7 rings (SSSR count). The molecule has 0 radical (unpaired) electrons. The first-order valence-corrected chi connectivity index (χ1v) is 16.4. The Kier molecular flexibility index (Phi) is 7.03. The number of carbonyl (C=O) groups excluding carboxylic acids is 1. The third-order valence-corrected chi connectivity index (χ3v) is 12.1. The molecule has 6 heteroatoms. The average Bonchev–Trinajstić information content (AvgIpc) is 2.99. The maximum Gasteiger partial charge on any atom is 0.338 e. The Hall–Kier alpha value is -3.29. The molecule has 2 aliphatic heterocycles. The number of aryl methyl sites for hydroxylation is 1. The van der Waals surface area contributed by atoms with Crippen LogP contribution in [0.5, 0.6) is 5.75 Å². The van der Waals surface area contributed by atoms with Crippen molar-refractivity contribution in [2.45, 2.75) is 53.0 Å². The van der Waals surface area contributed by atoms with Crippen LogP contribution < -0.4 is 4.74 Å². The molecule has 0 spiro atoms. The van der Waals surface area contributed by atoms with Crippen LogP contribution in [0, 0.1) is 6.92 Å². The van der Waals surface area contributed by atoms with Crippen LogP contribution in [-0.4, -0.2) is 5.97 Å². The Morgan fingerprint density at radius 3 is 1.44 bits per heavy atom. The summed E-state index contributed by atoms with van der Waals surface area (Å²) in [4.78, 5) is 22.9. The van der Waals surface area contributed by atoms with Crippen molar-refractivity contribution in [1.29, 1.82) is 0 Å². The average molecular weight is 605 g/mol. The van der Waals surface area contributed by atoms with Gasteiger partial charge in [0.05, 0.1) is 0 Å². The molecule has 0 aliphatic carbocycles. The Morgan fingerprint density at radius 1 is 0.585 bits per heavy atom. The fraction of sp³-hybridized carbons (Fsp3) is 0.0571. The molecule has 0 atom stereocenters. The smallest absolute Gasteiger partial charge is 0.338 e. The molecule has 41 heavy (non-hydrogen) atoms. The van der Waals surface area contributed by atoms with E-state index in [1.54, 1.807) is 54.0 Å². The van der Waals surface area contributed by atoms with Crippen LogP contribution in [0.4, 0.5) is 0 Å². The predicted molar refractivity (Wildman–Crippen MR) is 172 cm³/mol. The minimum absolute atomic E-state index is 0.366. The summed E-state index contributed by atoms with van der Waals surface area (Å²) in [6, 6.07) is 34.1. The Balaban J connectivity index is 1.44. The summed E-state index contributed by atoms with van der Waals surface area (Å²) < 4.78 is 6.25. The van der Waals surface area contributed by atoms with E-state index in [1.165, 1.54) is 39.2 Å². The van der Waals surface area contributed by atoms with Crippen LogP contribution in [-0.2, 0) is 4.79 Å². The van der Waals surface area contributed by atoms with Gasteiger partial charge in [-0.25, -0.2) is 4.79 Å². The summed E-state index contributed by atoms with van der Waals surface area (Å²) in [7, 11) is 0. The van der Waals surface area contributed by atoms with Gasteiger partial charge in [-0.2, -0.15) is 0 Å². The van der Waals surface area contributed by atoms with E-state index in [0.29, 0.717) is 11.3 Å². The van der Waals surface area contributed by atoms with Crippen LogP contribution in [0.15, 0.2) is 148 Å². The van der Waals surface area contributed by atoms with E-state index in [1.807, 2.05) is 0 Å². The highest BCUT2D eigenvalue weighted by Gasteiger charge is 2.27. The zero-order valence-electron chi connectivity index (χ0n) is 22.4. The van der Waals surface area contributed by atoms with Gasteiger partial charge < -0.3 is 4.74 Å². The second-order valence-corrected chi connectivity index (χ2v) is 14.2. The van der Waals surface area contributed by atoms with Crippen LogP contribution in [0.1, 0.15) is 12.5 Å². The highest BCUT2D eigenvalue weighted by molar-refractivity contribution is 8.05. The Bertz CT molecular complexity index is 1770. The molecule has 0 aromatic heterocycles. The van der Waals surface area contributed by atoms with Gasteiger partial charge in [0.1, 0.15) is 5.75 Å². The van der Waals surface area contributed by atoms with Crippen LogP contribution in [0.2, 0.25) is 0 Å². The molecule has 200 valence electrons. The third kappa shape index (κ3) is 4.93. The van der Waals surface area contributed by atoms with Gasteiger partial charge in [0, 0.05) is 67.0 Å². The number of benzene rings is 5. The second-order valence-electron chi connectivity index (χ2n) is 9.93. The molecule has 5 aromatic rings. The molecule has 0 bridgehead atoms. The number of rotatable bonds is 4. The van der Waals surface area contributed by atoms with Crippen molar-refractivity contribution < 1.29 is 9.53 Å². The highest BCUT2D eigenvalue weighted by atomic mass is 32.2. The molecular formula is C35H24O2S4. The van der Waals surface area contributed by atoms with E-state index in [0.717, 1.165) is 27.8 Å². The minimum Gasteiger partial charge on any atom is -0.422 e. The monoisotopic (exact) mass is 604 g/mol. The largest absolute Gasteiger partial charge is 0.422 e. The molecule has 2 nitrogen and oxygen atoms in total. The number of ether oxygens (including phenoxy) is 1. The standard InChI is InChI=1S/C35H24O2S4/c1-20(2)35(36)37-32-24(22-10-8-16-30-33(22)40-28-14-6-4-12-26(28)38-30)18-21(3)19-25(32)23-11-9-17-31-34(23)41-29-15-7-5-13-27(29)39-31/h4-19H,1H2,2-3H3. The topological polar surface area (TPSA) is 26.3 Å². The van der Waals surface area contributed by atoms with Gasteiger partial charge in [-0.15, -0.1) is 0 Å². The first-order chi connectivity index (χ1) is 20.0. The minimum atomic E-state index is -0.425. The van der Waals surface area contributed by atoms with E-state index >= 15 is 0 Å². The molecule has 0 saturated carbocycles. The van der Waals surface area contributed by atoms with Crippen LogP contribution in [0.25, 0.3) is 22.3 Å². The summed E-state index contributed by atoms with van der Waals surface area (Å²) in [5.41, 5.74) is 5.39. The van der Waals surface area contributed by atoms with Gasteiger partial charge in [0.25, 0.3) is 0 Å². The Morgan fingerprint density at radius 2 is 1.00 bits per heavy atom. The van der Waals surface area contributed by atoms with Crippen molar-refractivity contribution in [3.63, 3.8) is 0 Å². The lowest BCUT2D eigenvalue weighted by Gasteiger charge is -2.25. The fourth-order valence-corrected chi connectivity index (χ4v) is 9.77. The molecule has 0 amide bonds. The van der Waals surface area contributed by atoms with Gasteiger partial charge in [-0.3, -0.25) is 0 Å². The summed E-state index contributed by atoms with van der Waals surface area (Å²) in [6.45, 7) is 7.67. The molecule has 0 saturated heterocycles. The van der Waals surface area contributed by atoms with E-state index in [9.17, 15) is 4.79 Å². The zero-order chi connectivity index (χ0) is 28.1. The van der Waals surface area contributed by atoms with E-state index < -0.39 is 5.97 Å². The molecule has 0 fully saturated rings. The Labute approximate surface area is 257 Å². The number of hydrogen-bond acceptors (Lipinski definition) is 6. The lowest BCUT2D eigenvalue weighted by molar-refractivity contribution is -0.130. The second kappa shape index (κ2) is 10.8. The third-order valence-electron chi connectivity index (χ3n) is 6.88. The summed E-state index contributed by atoms with van der Waals surface area (Å²) >= 11 is 7.12. The zero-order valence-corrected chi connectivity index (χ0v) is 25.7. The highest BCUT2D eigenvalue weighted by Crippen LogP contribution is 2.56. The van der Waals surface area contributed by atoms with Crippen LogP contribution >= 0.6 is 47.0 Å². The number of hydrogen-bond donors (Lipinski definition) is 0. The van der Waals surface area contributed by atoms with E-state index in [4.69, 9.17) is 4.74 Å². The number of fused-ring (bicyclic) bond motifs is 4. The lowest BCUT2D eigenvalue weighted by atomic mass is 9.94. The van der Waals surface area contributed by atoms with Gasteiger partial charge in [0.2, 0.25) is 0 Å². The van der Waals surface area contributed by atoms with Gasteiger partial charge in [0.15, 0.2) is 0 Å². The molecule has 5 aromatic carbocycles. The summed E-state index contributed by atoms with van der Waals surface area (Å²) in [5.74, 6) is 0.144. The maximum absolute atomic E-state index is 13.1. The van der Waals surface area contributed by atoms with E-state index in [-0.39, 0.29) is 0 Å². The lowest BCUT2D eigenvalue weighted by Crippen LogP contribution is -2.10. The quantitative estimate of drug-likeness (QED) is 0.113. The summed E-state index contributed by atoms with van der Waals surface area (Å²) in [5, 5.41) is 0. The van der Waals surface area contributed by atoms with E-state index in [2.05, 4.69) is 111 Å². The molecule has 2 aliphatic rings. The fourth-order valence-electron chi connectivity index (χ4n) is 4.98. The van der Waals surface area contributed by atoms with Crippen molar-refractivity contribution in [2.75, 3.05) is 0 Å². The summed E-state index contributed by atoms with van der Waals surface area (Å²) in [6.07, 6.45) is 0. The normalized spacial score (nSPS) is 12.9. The van der Waals surface area contributed by atoms with Crippen molar-refractivity contribution in [1.82, 2.24) is 0 Å². The first-order valence-electron chi connectivity index (χ1n) is 13.1. The maximum atomic E-state index is 13.1. The van der Waals surface area contributed by atoms with Gasteiger partial charge in [-0.05, 0) is 67.9 Å². The molecule has 0 unspecified atom stereocenters. The predicted octanol–water partition coefficient (Wildman–Crippen LogP) is 11.0. The van der Waals surface area contributed by atoms with Gasteiger partial charge in [-0.1, -0.05) is 102 Å².